The van der Waals surface area contributed by atoms with Crippen molar-refractivity contribution in [3.8, 4) is 0 Å². The second kappa shape index (κ2) is 3.92. The van der Waals surface area contributed by atoms with E-state index in [-0.39, 0.29) is 13.0 Å². The molecule has 2 aliphatic heterocycles. The average molecular weight is 291 g/mol. The molecule has 2 aliphatic rings. The number of carboxylic acids is 1. The van der Waals surface area contributed by atoms with Gasteiger partial charge in [0.15, 0.2) is 20.6 Å². The lowest BCUT2D eigenvalue weighted by molar-refractivity contribution is -0.162. The van der Waals surface area contributed by atoms with Gasteiger partial charge in [0.1, 0.15) is 5.37 Å². The molecule has 0 bridgehead atoms. The molecule has 0 aromatic rings. The van der Waals surface area contributed by atoms with Crippen LogP contribution >= 0.6 is 0 Å². The average Bonchev–Trinajstić information content (AvgIpc) is 2.44. The van der Waals surface area contributed by atoms with Gasteiger partial charge in [-0.05, 0) is 13.8 Å². The highest BCUT2D eigenvalue weighted by atomic mass is 32.2. The summed E-state index contributed by atoms with van der Waals surface area (Å²) in [5.41, 5.74) is 0. The molecule has 8 nitrogen and oxygen atoms in total. The number of ether oxygens (including phenoxy) is 1. The fourth-order valence-electron chi connectivity index (χ4n) is 2.53. The molecule has 2 saturated heterocycles. The number of hydrogen-bond acceptors (Lipinski definition) is 6. The number of sulfone groups is 1. The third kappa shape index (κ3) is 1.44. The van der Waals surface area contributed by atoms with E-state index in [1.165, 1.54) is 6.92 Å². The van der Waals surface area contributed by atoms with E-state index in [1.54, 1.807) is 0 Å². The van der Waals surface area contributed by atoms with Gasteiger partial charge in [0.05, 0.1) is 13.0 Å². The van der Waals surface area contributed by atoms with E-state index in [2.05, 4.69) is 4.74 Å². The molecule has 9 heteroatoms. The zero-order chi connectivity index (χ0) is 14.6. The number of nitrogens with zero attached hydrogens (tertiary/aromatic N) is 1. The van der Waals surface area contributed by atoms with E-state index in [1.807, 2.05) is 0 Å². The van der Waals surface area contributed by atoms with Crippen molar-refractivity contribution in [1.29, 1.82) is 0 Å². The highest BCUT2D eigenvalue weighted by molar-refractivity contribution is 7.94. The predicted octanol–water partition coefficient (Wildman–Crippen LogP) is -1.25. The fraction of sp³-hybridized carbons (Fsp3) is 0.700. The van der Waals surface area contributed by atoms with Gasteiger partial charge in [-0.3, -0.25) is 9.59 Å². The summed E-state index contributed by atoms with van der Waals surface area (Å²) >= 11 is 0. The van der Waals surface area contributed by atoms with Gasteiger partial charge < -0.3 is 14.7 Å². The van der Waals surface area contributed by atoms with Crippen LogP contribution in [0.4, 0.5) is 0 Å². The molecule has 106 valence electrons. The lowest BCUT2D eigenvalue weighted by atomic mass is 9.96. The van der Waals surface area contributed by atoms with Crippen LogP contribution in [-0.2, 0) is 29.0 Å². The Morgan fingerprint density at radius 2 is 2.11 bits per heavy atom. The molecule has 1 N–H and O–H groups in total. The lowest BCUT2D eigenvalue weighted by Crippen LogP contribution is -2.59. The fourth-order valence-corrected chi connectivity index (χ4v) is 4.81. The number of esters is 1. The quantitative estimate of drug-likeness (QED) is 0.509. The van der Waals surface area contributed by atoms with E-state index in [9.17, 15) is 27.9 Å². The van der Waals surface area contributed by atoms with Crippen molar-refractivity contribution in [2.75, 3.05) is 6.61 Å². The lowest BCUT2D eigenvalue weighted by Gasteiger charge is -2.35. The topological polar surface area (TPSA) is 118 Å². The molecule has 0 saturated carbocycles. The van der Waals surface area contributed by atoms with Gasteiger partial charge in [-0.15, -0.1) is 0 Å². The van der Waals surface area contributed by atoms with E-state index in [0.29, 0.717) is 0 Å². The molecule has 1 amide bonds. The maximum atomic E-state index is 12.3. The minimum absolute atomic E-state index is 0.0745. The van der Waals surface area contributed by atoms with Crippen molar-refractivity contribution in [1.82, 2.24) is 4.90 Å². The SMILES string of the molecule is CCOC(=O)[C@@]1(C)[C@H](C(=O)O)N2C(=O)CC2S1(=O)=O. The molecule has 2 heterocycles. The Morgan fingerprint density at radius 3 is 2.53 bits per heavy atom. The summed E-state index contributed by atoms with van der Waals surface area (Å²) < 4.78 is 27.0. The first-order chi connectivity index (χ1) is 8.69. The van der Waals surface area contributed by atoms with Crippen molar-refractivity contribution < 1.29 is 32.6 Å². The Morgan fingerprint density at radius 1 is 1.53 bits per heavy atom. The van der Waals surface area contributed by atoms with Crippen LogP contribution in [0.3, 0.4) is 0 Å². The zero-order valence-corrected chi connectivity index (χ0v) is 11.1. The summed E-state index contributed by atoms with van der Waals surface area (Å²) in [6, 6.07) is -1.73. The van der Waals surface area contributed by atoms with Crippen LogP contribution in [0.2, 0.25) is 0 Å². The third-order valence-electron chi connectivity index (χ3n) is 3.61. The van der Waals surface area contributed by atoms with Gasteiger partial charge in [-0.2, -0.15) is 0 Å². The van der Waals surface area contributed by atoms with Gasteiger partial charge in [-0.25, -0.2) is 13.2 Å². The molecule has 0 aliphatic carbocycles. The van der Waals surface area contributed by atoms with Crippen LogP contribution < -0.4 is 0 Å². The summed E-state index contributed by atoms with van der Waals surface area (Å²) in [7, 11) is -4.13. The number of amides is 1. The van der Waals surface area contributed by atoms with Crippen LogP contribution in [0.1, 0.15) is 20.3 Å². The number of rotatable bonds is 3. The highest BCUT2D eigenvalue weighted by Gasteiger charge is 2.73. The molecule has 2 fully saturated rings. The molecule has 0 aromatic heterocycles. The number of hydrogen-bond donors (Lipinski definition) is 1. The van der Waals surface area contributed by atoms with E-state index in [0.717, 1.165) is 11.8 Å². The Balaban J connectivity index is 2.58. The highest BCUT2D eigenvalue weighted by Crippen LogP contribution is 2.46. The minimum atomic E-state index is -4.13. The second-order valence-corrected chi connectivity index (χ2v) is 7.06. The smallest absolute Gasteiger partial charge is 0.330 e. The van der Waals surface area contributed by atoms with Crippen LogP contribution in [0.5, 0.6) is 0 Å². The van der Waals surface area contributed by atoms with Crippen molar-refractivity contribution in [3.05, 3.63) is 0 Å². The number of β-lactam (4-membered cyclic amide) rings is 1. The number of aliphatic carboxylic acids is 1. The number of fused-ring (bicyclic) bond motifs is 1. The zero-order valence-electron chi connectivity index (χ0n) is 10.3. The molecule has 0 spiro atoms. The van der Waals surface area contributed by atoms with Gasteiger partial charge in [0, 0.05) is 0 Å². The van der Waals surface area contributed by atoms with Crippen LogP contribution in [0.25, 0.3) is 0 Å². The molecule has 0 radical (unpaired) electrons. The normalized spacial score (nSPS) is 35.5. The van der Waals surface area contributed by atoms with E-state index < -0.39 is 43.8 Å². The molecule has 2 rings (SSSR count). The molecule has 1 unspecified atom stereocenters. The molecular weight excluding hydrogens is 278 g/mol. The molecular formula is C10H13NO7S. The molecule has 0 aromatic carbocycles. The van der Waals surface area contributed by atoms with Gasteiger partial charge in [0.2, 0.25) is 5.91 Å². The first kappa shape index (κ1) is 13.8. The van der Waals surface area contributed by atoms with Crippen molar-refractivity contribution in [2.24, 2.45) is 0 Å². The van der Waals surface area contributed by atoms with Gasteiger partial charge >= 0.3 is 11.9 Å². The van der Waals surface area contributed by atoms with Crippen molar-refractivity contribution in [3.63, 3.8) is 0 Å². The largest absolute Gasteiger partial charge is 0.480 e. The summed E-state index contributed by atoms with van der Waals surface area (Å²) in [5, 5.41) is 7.93. The van der Waals surface area contributed by atoms with Crippen molar-refractivity contribution in [2.45, 2.75) is 36.4 Å². The Bertz CT molecular complexity index is 568. The van der Waals surface area contributed by atoms with Gasteiger partial charge in [-0.1, -0.05) is 0 Å². The maximum absolute atomic E-state index is 12.3. The Hall–Kier alpha value is -1.64. The number of carboxylic acid groups (broad SMARTS) is 1. The summed E-state index contributed by atoms with van der Waals surface area (Å²) in [6.07, 6.45) is -0.291. The summed E-state index contributed by atoms with van der Waals surface area (Å²) in [5.74, 6) is -3.26. The van der Waals surface area contributed by atoms with Crippen LogP contribution in [0, 0.1) is 0 Å². The second-order valence-electron chi connectivity index (χ2n) is 4.57. The summed E-state index contributed by atoms with van der Waals surface area (Å²) in [4.78, 5) is 35.4. The number of carbonyl (C=O) groups is 3. The van der Waals surface area contributed by atoms with E-state index in [4.69, 9.17) is 0 Å². The predicted molar refractivity (Wildman–Crippen MR) is 60.6 cm³/mol. The third-order valence-corrected chi connectivity index (χ3v) is 6.29. The molecule has 3 atom stereocenters. The van der Waals surface area contributed by atoms with Gasteiger partial charge in [0.25, 0.3) is 0 Å². The maximum Gasteiger partial charge on any atom is 0.330 e. The first-order valence-electron chi connectivity index (χ1n) is 5.64. The standard InChI is InChI=1S/C10H13NO7S/c1-3-18-9(15)10(2)7(8(13)14)11-5(12)4-6(11)19(10,16)17/h6-7H,3-4H2,1-2H3,(H,13,14)/t6?,7-,10+/m0/s1. The Labute approximate surface area is 109 Å². The van der Waals surface area contributed by atoms with Crippen LogP contribution in [-0.4, -0.2) is 59.0 Å². The van der Waals surface area contributed by atoms with E-state index >= 15 is 0 Å². The van der Waals surface area contributed by atoms with Crippen molar-refractivity contribution >= 4 is 27.7 Å². The minimum Gasteiger partial charge on any atom is -0.480 e. The monoisotopic (exact) mass is 291 g/mol. The molecule has 19 heavy (non-hydrogen) atoms. The Kier molecular flexibility index (Phi) is 2.85. The van der Waals surface area contributed by atoms with Crippen LogP contribution in [0.15, 0.2) is 0 Å². The number of carbonyl (C=O) groups excluding carboxylic acids is 2. The summed E-state index contributed by atoms with van der Waals surface area (Å²) in [6.45, 7) is 2.41. The first-order valence-corrected chi connectivity index (χ1v) is 7.18.